The molecule has 6 aliphatic heterocycles. The maximum atomic E-state index is 13.6. The average molecular weight is 1350 g/mol. The summed E-state index contributed by atoms with van der Waals surface area (Å²) in [5.41, 5.74) is -4.71. The van der Waals surface area contributed by atoms with Crippen molar-refractivity contribution in [1.29, 1.82) is 0 Å². The number of allylic oxidation sites excluding steroid dienone is 1. The number of fused-ring (bicyclic) bond motifs is 4. The number of aliphatic hydroxyl groups is 15. The molecule has 94 heavy (non-hydrogen) atoms. The molecule has 1 spiro atoms. The zero-order chi connectivity index (χ0) is 68.8. The molecule has 11 rings (SSSR count). The summed E-state index contributed by atoms with van der Waals surface area (Å²) in [6.45, 7) is 17.3. The van der Waals surface area contributed by atoms with Crippen molar-refractivity contribution in [2.75, 3.05) is 19.8 Å². The number of hydrogen-bond acceptors (Lipinski definition) is 29. The molecule has 16 N–H and O–H groups in total. The highest BCUT2D eigenvalue weighted by Gasteiger charge is 2.84. The van der Waals surface area contributed by atoms with Crippen LogP contribution in [0, 0.1) is 50.2 Å². The first-order valence-corrected chi connectivity index (χ1v) is 33.3. The van der Waals surface area contributed by atoms with E-state index in [0.29, 0.717) is 56.9 Å². The average Bonchev–Trinajstić information content (AvgIpc) is 1.37. The number of carboxylic acids is 1. The van der Waals surface area contributed by atoms with Gasteiger partial charge in [0.1, 0.15) is 110 Å². The van der Waals surface area contributed by atoms with Gasteiger partial charge in [-0.25, -0.2) is 9.59 Å². The Morgan fingerprint density at radius 3 is 1.74 bits per heavy atom. The number of aliphatic carboxylic acids is 1. The van der Waals surface area contributed by atoms with Crippen LogP contribution in [0.4, 0.5) is 0 Å². The van der Waals surface area contributed by atoms with Gasteiger partial charge in [-0.3, -0.25) is 0 Å². The molecule has 11 fully saturated rings. The van der Waals surface area contributed by atoms with Crippen LogP contribution in [0.3, 0.4) is 0 Å². The number of carboxylic acid groups (broad SMARTS) is 1. The van der Waals surface area contributed by atoms with Crippen molar-refractivity contribution in [1.82, 2.24) is 0 Å². The van der Waals surface area contributed by atoms with Gasteiger partial charge in [0, 0.05) is 16.9 Å². The lowest BCUT2D eigenvalue weighted by molar-refractivity contribution is -0.411. The van der Waals surface area contributed by atoms with E-state index in [0.717, 1.165) is 0 Å². The molecule has 0 amide bonds. The largest absolute Gasteiger partial charge is 0.479 e. The molecule has 6 saturated heterocycles. The fraction of sp³-hybridized carbons (Fsp3) is 0.938. The van der Waals surface area contributed by atoms with Crippen molar-refractivity contribution < 1.29 is 148 Å². The molecular formula is C64H102O30. The summed E-state index contributed by atoms with van der Waals surface area (Å²) in [7, 11) is 0. The van der Waals surface area contributed by atoms with Gasteiger partial charge in [0.15, 0.2) is 43.8 Å². The molecule has 6 heterocycles. The summed E-state index contributed by atoms with van der Waals surface area (Å²) in [6.07, 6.45) is -44.5. The van der Waals surface area contributed by atoms with Crippen LogP contribution in [0.2, 0.25) is 0 Å². The third kappa shape index (κ3) is 11.4. The molecule has 30 nitrogen and oxygen atoms in total. The minimum absolute atomic E-state index is 0.00972. The van der Waals surface area contributed by atoms with Gasteiger partial charge in [-0.05, 0) is 112 Å². The molecule has 36 atom stereocenters. The second-order valence-corrected chi connectivity index (χ2v) is 31.0. The first kappa shape index (κ1) is 72.9. The Balaban J connectivity index is 0.909. The summed E-state index contributed by atoms with van der Waals surface area (Å²) < 4.78 is 74.9. The summed E-state index contributed by atoms with van der Waals surface area (Å²) in [6, 6.07) is 0. The topological polar surface area (TPSA) is 469 Å². The third-order valence-electron chi connectivity index (χ3n) is 25.3. The molecule has 0 aromatic heterocycles. The fourth-order valence-corrected chi connectivity index (χ4v) is 19.9. The van der Waals surface area contributed by atoms with Gasteiger partial charge < -0.3 is 139 Å². The van der Waals surface area contributed by atoms with E-state index in [1.54, 1.807) is 19.9 Å². The van der Waals surface area contributed by atoms with Crippen molar-refractivity contribution in [2.45, 2.75) is 305 Å². The smallest absolute Gasteiger partial charge is 0.335 e. The lowest BCUT2D eigenvalue weighted by Crippen LogP contribution is -2.75. The van der Waals surface area contributed by atoms with E-state index < -0.39 is 236 Å². The van der Waals surface area contributed by atoms with E-state index >= 15 is 0 Å². The van der Waals surface area contributed by atoms with E-state index in [1.165, 1.54) is 6.92 Å². The van der Waals surface area contributed by atoms with Crippen molar-refractivity contribution in [3.8, 4) is 0 Å². The number of carbonyl (C=O) groups is 2. The van der Waals surface area contributed by atoms with E-state index in [1.807, 2.05) is 13.8 Å². The molecule has 0 aromatic carbocycles. The van der Waals surface area contributed by atoms with Crippen LogP contribution in [0.25, 0.3) is 0 Å². The first-order chi connectivity index (χ1) is 43.9. The Kier molecular flexibility index (Phi) is 20.3. The predicted molar refractivity (Wildman–Crippen MR) is 314 cm³/mol. The van der Waals surface area contributed by atoms with Gasteiger partial charge in [-0.1, -0.05) is 54.5 Å². The second kappa shape index (κ2) is 26.2. The molecule has 36 unspecified atom stereocenters. The molecule has 30 heteroatoms. The number of hydrogen-bond donors (Lipinski definition) is 16. The van der Waals surface area contributed by atoms with E-state index in [-0.39, 0.29) is 29.6 Å². The Labute approximate surface area is 544 Å². The van der Waals surface area contributed by atoms with Crippen LogP contribution in [-0.4, -0.2) is 291 Å². The summed E-state index contributed by atoms with van der Waals surface area (Å²) in [5, 5.41) is 180. The standard InChI is InChI=1S/C64H102O30/c1-11-24(2)51(81)87-34-20-58(4,5)18-31-63-17-13-30-60(8)15-14-33(59(6,7)29(60)12-16-61(30,9)62(63,10)19-32(68)64(31,34)57(82)94-63)88-56-49(93-53-43(77)39(73)37(71)27(21-65)85-53)45(44(78)46(90-56)50(79)80)89-55-48(41(75)38(72)28(22-66)86-55)92-54-47(40(74)35(69)25(3)84-54)91-52-42(76)36(70)26(67)23-83-52/h11,25-49,52-57,65-78,82H,12-23H2,1-10H3,(H,79,80). The minimum atomic E-state index is -2.34. The molecule has 2 bridgehead atoms. The van der Waals surface area contributed by atoms with Crippen LogP contribution >= 0.6 is 0 Å². The number of aliphatic hydroxyl groups excluding tert-OH is 15. The van der Waals surface area contributed by atoms with E-state index in [9.17, 15) is 91.3 Å². The Bertz CT molecular complexity index is 2740. The number of carbonyl (C=O) groups excluding carboxylic acids is 1. The first-order valence-electron chi connectivity index (χ1n) is 33.3. The van der Waals surface area contributed by atoms with Gasteiger partial charge in [0.05, 0.1) is 49.1 Å². The second-order valence-electron chi connectivity index (χ2n) is 31.0. The van der Waals surface area contributed by atoms with Crippen LogP contribution < -0.4 is 0 Å². The SMILES string of the molecule is CC=C(C)C(=O)OC1CC(C)(C)CC2C13C(O)CC1(C)C4(C)CCC5C(C)(C)C(OC6OC(C(=O)O)C(O)C(OC7OC(CO)C(O)C(O)C7OC7OC(C)C(O)C(O)C7OC7OCC(O)C(O)C7O)C6OC6OC(CO)C(O)C(O)C6O)CCC5(C)C4CCC21OC3O. The highest BCUT2D eigenvalue weighted by molar-refractivity contribution is 5.87. The number of rotatable bonds is 15. The highest BCUT2D eigenvalue weighted by atomic mass is 16.8. The Morgan fingerprint density at radius 2 is 1.11 bits per heavy atom. The third-order valence-corrected chi connectivity index (χ3v) is 25.3. The molecule has 5 saturated carbocycles. The zero-order valence-electron chi connectivity index (χ0n) is 54.8. The van der Waals surface area contributed by atoms with E-state index in [2.05, 4.69) is 34.6 Å². The van der Waals surface area contributed by atoms with Crippen molar-refractivity contribution >= 4 is 11.9 Å². The predicted octanol–water partition coefficient (Wildman–Crippen LogP) is -2.96. The normalized spacial score (nSPS) is 54.7. The summed E-state index contributed by atoms with van der Waals surface area (Å²) in [4.78, 5) is 27.0. The molecule has 0 radical (unpaired) electrons. The van der Waals surface area contributed by atoms with Crippen LogP contribution in [0.15, 0.2) is 11.6 Å². The number of esters is 1. The summed E-state index contributed by atoms with van der Waals surface area (Å²) in [5.74, 6) is -2.82. The van der Waals surface area contributed by atoms with Crippen LogP contribution in [0.5, 0.6) is 0 Å². The Hall–Kier alpha value is -2.36. The molecule has 5 aliphatic carbocycles. The minimum Gasteiger partial charge on any atom is -0.479 e. The van der Waals surface area contributed by atoms with Crippen molar-refractivity contribution in [3.63, 3.8) is 0 Å². The van der Waals surface area contributed by atoms with Gasteiger partial charge in [-0.2, -0.15) is 0 Å². The van der Waals surface area contributed by atoms with Crippen LogP contribution in [-0.2, 0) is 66.4 Å². The van der Waals surface area contributed by atoms with Crippen molar-refractivity contribution in [2.24, 2.45) is 50.2 Å². The van der Waals surface area contributed by atoms with Gasteiger partial charge in [-0.15, -0.1) is 0 Å². The lowest BCUT2D eigenvalue weighted by atomic mass is 9.30. The fourth-order valence-electron chi connectivity index (χ4n) is 19.9. The maximum absolute atomic E-state index is 13.6. The molecule has 11 aliphatic rings. The van der Waals surface area contributed by atoms with Gasteiger partial charge in [0.2, 0.25) is 0 Å². The molecular weight excluding hydrogens is 1250 g/mol. The Morgan fingerprint density at radius 1 is 0.543 bits per heavy atom. The zero-order valence-corrected chi connectivity index (χ0v) is 54.8. The van der Waals surface area contributed by atoms with Gasteiger partial charge >= 0.3 is 11.9 Å². The monoisotopic (exact) mass is 1350 g/mol. The molecule has 538 valence electrons. The molecule has 0 aromatic rings. The quantitative estimate of drug-likeness (QED) is 0.0442. The number of ether oxygens (including phenoxy) is 12. The lowest BCUT2D eigenvalue weighted by Gasteiger charge is -2.75. The van der Waals surface area contributed by atoms with Crippen LogP contribution in [0.1, 0.15) is 127 Å². The summed E-state index contributed by atoms with van der Waals surface area (Å²) >= 11 is 0. The van der Waals surface area contributed by atoms with Gasteiger partial charge in [0.25, 0.3) is 0 Å². The highest BCUT2D eigenvalue weighted by Crippen LogP contribution is 2.81. The van der Waals surface area contributed by atoms with Crippen molar-refractivity contribution in [3.05, 3.63) is 11.6 Å². The maximum Gasteiger partial charge on any atom is 0.335 e. The van der Waals surface area contributed by atoms with E-state index in [4.69, 9.17) is 56.8 Å².